The van der Waals surface area contributed by atoms with Crippen LogP contribution in [0, 0.1) is 0 Å². The Morgan fingerprint density at radius 1 is 0.967 bits per heavy atom. The molecule has 0 radical (unpaired) electrons. The van der Waals surface area contributed by atoms with Gasteiger partial charge in [0.1, 0.15) is 4.70 Å². The number of thioether (sulfide) groups is 1. The second kappa shape index (κ2) is 8.26. The summed E-state index contributed by atoms with van der Waals surface area (Å²) in [6.07, 6.45) is 0.757. The van der Waals surface area contributed by atoms with Gasteiger partial charge in [-0.05, 0) is 41.1 Å². The van der Waals surface area contributed by atoms with E-state index in [2.05, 4.69) is 22.3 Å². The van der Waals surface area contributed by atoms with Gasteiger partial charge in [0, 0.05) is 17.3 Å². The lowest BCUT2D eigenvalue weighted by molar-refractivity contribution is 0.678. The smallest absolute Gasteiger partial charge is 0.272 e. The van der Waals surface area contributed by atoms with Crippen molar-refractivity contribution in [2.24, 2.45) is 0 Å². The molecule has 0 amide bonds. The number of thiophene rings is 1. The summed E-state index contributed by atoms with van der Waals surface area (Å²) >= 11 is 9.04. The molecule has 0 aliphatic carbocycles. The molecule has 2 aromatic carbocycles. The second-order valence-corrected chi connectivity index (χ2v) is 9.16. The molecule has 30 heavy (non-hydrogen) atoms. The number of aryl methyl sites for hydroxylation is 2. The average molecular weight is 453 g/mol. The Balaban J connectivity index is 1.53. The Labute approximate surface area is 186 Å². The fraction of sp³-hybridized carbons (Fsp3) is 0.136. The fourth-order valence-corrected chi connectivity index (χ4v) is 5.26. The predicted molar refractivity (Wildman–Crippen MR) is 124 cm³/mol. The first kappa shape index (κ1) is 19.4. The molecule has 3 heterocycles. The Hall–Kier alpha value is -2.61. The molecule has 0 saturated heterocycles. The number of nitrogens with zero attached hydrogens (tertiary/aromatic N) is 4. The summed E-state index contributed by atoms with van der Waals surface area (Å²) in [5, 5.41) is 12.2. The lowest BCUT2D eigenvalue weighted by Crippen LogP contribution is -2.23. The number of hydrogen-bond acceptors (Lipinski definition) is 5. The van der Waals surface area contributed by atoms with Crippen molar-refractivity contribution in [1.29, 1.82) is 0 Å². The Bertz CT molecular complexity index is 1370. The first-order valence-electron chi connectivity index (χ1n) is 9.47. The highest BCUT2D eigenvalue weighted by Gasteiger charge is 2.17. The molecular weight excluding hydrogens is 436 g/mol. The summed E-state index contributed by atoms with van der Waals surface area (Å²) in [4.78, 5) is 13.1. The van der Waals surface area contributed by atoms with E-state index in [-0.39, 0.29) is 5.56 Å². The van der Waals surface area contributed by atoms with Gasteiger partial charge in [-0.3, -0.25) is 13.8 Å². The molecule has 0 bridgehead atoms. The Morgan fingerprint density at radius 3 is 2.57 bits per heavy atom. The van der Waals surface area contributed by atoms with Crippen molar-refractivity contribution in [3.63, 3.8) is 0 Å². The molecule has 0 aliphatic rings. The monoisotopic (exact) mass is 452 g/mol. The molecule has 0 fully saturated rings. The molecule has 0 saturated carbocycles. The molecule has 150 valence electrons. The molecule has 5 rings (SSSR count). The first-order valence-corrected chi connectivity index (χ1v) is 11.7. The maximum atomic E-state index is 13.1. The predicted octanol–water partition coefficient (Wildman–Crippen LogP) is 5.29. The third-order valence-corrected chi connectivity index (χ3v) is 7.07. The molecule has 0 N–H and O–H groups in total. The van der Waals surface area contributed by atoms with Crippen LogP contribution in [0.4, 0.5) is 0 Å². The van der Waals surface area contributed by atoms with E-state index in [0.717, 1.165) is 38.1 Å². The second-order valence-electron chi connectivity index (χ2n) is 6.86. The van der Waals surface area contributed by atoms with Crippen LogP contribution in [0.2, 0.25) is 5.02 Å². The summed E-state index contributed by atoms with van der Waals surface area (Å²) < 4.78 is 4.47. The summed E-state index contributed by atoms with van der Waals surface area (Å²) in [7, 11) is 0. The van der Waals surface area contributed by atoms with Crippen LogP contribution in [0.3, 0.4) is 0 Å². The zero-order valence-corrected chi connectivity index (χ0v) is 18.3. The topological polar surface area (TPSA) is 52.2 Å². The van der Waals surface area contributed by atoms with Crippen molar-refractivity contribution >= 4 is 50.7 Å². The van der Waals surface area contributed by atoms with Crippen LogP contribution in [0.25, 0.3) is 16.0 Å². The Kier molecular flexibility index (Phi) is 5.33. The van der Waals surface area contributed by atoms with Gasteiger partial charge in [-0.1, -0.05) is 65.8 Å². The van der Waals surface area contributed by atoms with E-state index in [1.807, 2.05) is 58.3 Å². The number of hydrogen-bond donors (Lipinski definition) is 0. The maximum Gasteiger partial charge on any atom is 0.272 e. The standard InChI is InChI=1S/C22H17ClN4OS2/c23-17-8-6-16(7-9-17)14-30-22-25-24-21-26(12-10-15-4-2-1-3-5-15)20(28)19-18(27(21)22)11-13-29-19/h1-9,11,13H,10,12,14H2. The molecule has 5 aromatic rings. The van der Waals surface area contributed by atoms with Gasteiger partial charge >= 0.3 is 0 Å². The molecule has 0 atom stereocenters. The van der Waals surface area contributed by atoms with Crippen LogP contribution >= 0.6 is 34.7 Å². The van der Waals surface area contributed by atoms with E-state index in [9.17, 15) is 4.79 Å². The summed E-state index contributed by atoms with van der Waals surface area (Å²) in [5.74, 6) is 1.33. The summed E-state index contributed by atoms with van der Waals surface area (Å²) in [5.41, 5.74) is 3.19. The molecular formula is C22H17ClN4OS2. The largest absolute Gasteiger partial charge is 0.275 e. The van der Waals surface area contributed by atoms with E-state index >= 15 is 0 Å². The van der Waals surface area contributed by atoms with Gasteiger partial charge in [0.25, 0.3) is 5.56 Å². The normalized spacial score (nSPS) is 11.5. The summed E-state index contributed by atoms with van der Waals surface area (Å²) in [6, 6.07) is 19.9. The Morgan fingerprint density at radius 2 is 1.77 bits per heavy atom. The van der Waals surface area contributed by atoms with E-state index in [1.54, 1.807) is 16.3 Å². The number of rotatable bonds is 6. The minimum Gasteiger partial charge on any atom is -0.275 e. The molecule has 0 unspecified atom stereocenters. The van der Waals surface area contributed by atoms with Crippen LogP contribution in [0.1, 0.15) is 11.1 Å². The van der Waals surface area contributed by atoms with Crippen molar-refractivity contribution in [3.05, 3.63) is 92.5 Å². The van der Waals surface area contributed by atoms with E-state index < -0.39 is 0 Å². The molecule has 0 spiro atoms. The van der Waals surface area contributed by atoms with Crippen molar-refractivity contribution in [3.8, 4) is 0 Å². The third-order valence-electron chi connectivity index (χ3n) is 4.93. The van der Waals surface area contributed by atoms with E-state index in [1.165, 1.54) is 16.9 Å². The van der Waals surface area contributed by atoms with Crippen molar-refractivity contribution < 1.29 is 0 Å². The first-order chi connectivity index (χ1) is 14.7. The number of aromatic nitrogens is 4. The fourth-order valence-electron chi connectivity index (χ4n) is 3.41. The van der Waals surface area contributed by atoms with Gasteiger partial charge in [0.05, 0.1) is 5.52 Å². The van der Waals surface area contributed by atoms with E-state index in [4.69, 9.17) is 11.6 Å². The average Bonchev–Trinajstić information content (AvgIpc) is 3.41. The van der Waals surface area contributed by atoms with Gasteiger partial charge in [-0.25, -0.2) is 0 Å². The quantitative estimate of drug-likeness (QED) is 0.328. The maximum absolute atomic E-state index is 13.1. The molecule has 3 aromatic heterocycles. The molecule has 0 aliphatic heterocycles. The lowest BCUT2D eigenvalue weighted by atomic mass is 10.1. The van der Waals surface area contributed by atoms with Crippen LogP contribution in [-0.2, 0) is 18.7 Å². The van der Waals surface area contributed by atoms with Crippen LogP contribution < -0.4 is 5.56 Å². The number of benzene rings is 2. The highest BCUT2D eigenvalue weighted by Crippen LogP contribution is 2.27. The van der Waals surface area contributed by atoms with Crippen LogP contribution in [0.15, 0.2) is 76.0 Å². The third kappa shape index (κ3) is 3.64. The molecule has 5 nitrogen and oxygen atoms in total. The van der Waals surface area contributed by atoms with Gasteiger partial charge in [-0.2, -0.15) is 0 Å². The number of halogens is 1. The highest BCUT2D eigenvalue weighted by atomic mass is 35.5. The zero-order chi connectivity index (χ0) is 20.5. The SMILES string of the molecule is O=c1c2sccc2n2c(SCc3ccc(Cl)cc3)nnc2n1CCc1ccccc1. The van der Waals surface area contributed by atoms with Crippen molar-refractivity contribution in [2.75, 3.05) is 0 Å². The van der Waals surface area contributed by atoms with Crippen molar-refractivity contribution in [1.82, 2.24) is 19.2 Å². The van der Waals surface area contributed by atoms with E-state index in [0.29, 0.717) is 12.3 Å². The summed E-state index contributed by atoms with van der Waals surface area (Å²) in [6.45, 7) is 0.556. The lowest BCUT2D eigenvalue weighted by Gasteiger charge is -2.09. The van der Waals surface area contributed by atoms with Gasteiger partial charge < -0.3 is 0 Å². The minimum atomic E-state index is -0.00918. The van der Waals surface area contributed by atoms with Gasteiger partial charge in [-0.15, -0.1) is 21.5 Å². The van der Waals surface area contributed by atoms with Gasteiger partial charge in [0.15, 0.2) is 5.16 Å². The number of fused-ring (bicyclic) bond motifs is 3. The van der Waals surface area contributed by atoms with Crippen LogP contribution in [-0.4, -0.2) is 19.2 Å². The minimum absolute atomic E-state index is 0.00918. The highest BCUT2D eigenvalue weighted by molar-refractivity contribution is 7.98. The molecule has 8 heteroatoms. The van der Waals surface area contributed by atoms with Crippen LogP contribution in [0.5, 0.6) is 0 Å². The zero-order valence-electron chi connectivity index (χ0n) is 15.9. The van der Waals surface area contributed by atoms with Gasteiger partial charge in [0.2, 0.25) is 5.78 Å². The van der Waals surface area contributed by atoms with Crippen molar-refractivity contribution in [2.45, 2.75) is 23.9 Å².